The Morgan fingerprint density at radius 1 is 1.44 bits per heavy atom. The summed E-state index contributed by atoms with van der Waals surface area (Å²) in [5.74, 6) is 0.267. The zero-order valence-electron chi connectivity index (χ0n) is 10.3. The van der Waals surface area contributed by atoms with Gasteiger partial charge in [-0.05, 0) is 12.1 Å². The molecule has 1 unspecified atom stereocenters. The van der Waals surface area contributed by atoms with E-state index in [9.17, 15) is 8.42 Å². The summed E-state index contributed by atoms with van der Waals surface area (Å²) in [4.78, 5) is 3.79. The van der Waals surface area contributed by atoms with Crippen LogP contribution in [0.1, 0.15) is 0 Å². The van der Waals surface area contributed by atoms with Gasteiger partial charge in [-0.25, -0.2) is 18.1 Å². The lowest BCUT2D eigenvalue weighted by molar-refractivity contribution is 0.0320. The van der Waals surface area contributed by atoms with Crippen LogP contribution in [-0.4, -0.2) is 46.9 Å². The molecule has 0 aromatic carbocycles. The molecule has 0 aliphatic heterocycles. The third-order valence-electron chi connectivity index (χ3n) is 2.26. The molecule has 1 aromatic heterocycles. The summed E-state index contributed by atoms with van der Waals surface area (Å²) in [5, 5.41) is 0. The maximum absolute atomic E-state index is 11.9. The van der Waals surface area contributed by atoms with Crippen molar-refractivity contribution in [2.75, 3.05) is 33.1 Å². The van der Waals surface area contributed by atoms with E-state index in [4.69, 9.17) is 15.2 Å². The van der Waals surface area contributed by atoms with Gasteiger partial charge in [0.15, 0.2) is 0 Å². The number of aromatic nitrogens is 1. The Labute approximate surface area is 106 Å². The van der Waals surface area contributed by atoms with E-state index in [1.807, 2.05) is 0 Å². The van der Waals surface area contributed by atoms with Crippen LogP contribution in [0, 0.1) is 0 Å². The number of rotatable bonds is 7. The van der Waals surface area contributed by atoms with Crippen molar-refractivity contribution in [2.45, 2.75) is 11.0 Å². The maximum Gasteiger partial charge on any atom is 0.242 e. The molecule has 1 aromatic rings. The summed E-state index contributed by atoms with van der Waals surface area (Å²) < 4.78 is 36.1. The number of anilines is 1. The minimum atomic E-state index is -3.60. The highest BCUT2D eigenvalue weighted by atomic mass is 32.2. The topological polar surface area (TPSA) is 104 Å². The van der Waals surface area contributed by atoms with Crippen LogP contribution >= 0.6 is 0 Å². The second kappa shape index (κ2) is 6.64. The molecule has 0 aliphatic carbocycles. The lowest BCUT2D eigenvalue weighted by Gasteiger charge is -2.15. The molecule has 0 spiro atoms. The summed E-state index contributed by atoms with van der Waals surface area (Å²) in [6.45, 7) is 0.427. The molecule has 0 radical (unpaired) electrons. The number of nitrogens with zero attached hydrogens (tertiary/aromatic N) is 1. The van der Waals surface area contributed by atoms with Crippen molar-refractivity contribution in [3.05, 3.63) is 18.3 Å². The van der Waals surface area contributed by atoms with Gasteiger partial charge in [-0.1, -0.05) is 0 Å². The van der Waals surface area contributed by atoms with Crippen LogP contribution in [0.15, 0.2) is 23.2 Å². The Morgan fingerprint density at radius 2 is 2.17 bits per heavy atom. The molecule has 102 valence electrons. The third kappa shape index (κ3) is 4.22. The normalized spacial score (nSPS) is 13.4. The van der Waals surface area contributed by atoms with Crippen molar-refractivity contribution in [1.29, 1.82) is 0 Å². The number of hydrogen-bond donors (Lipinski definition) is 2. The van der Waals surface area contributed by atoms with Crippen molar-refractivity contribution in [3.8, 4) is 0 Å². The first-order valence-corrected chi connectivity index (χ1v) is 6.71. The molecule has 0 bridgehead atoms. The van der Waals surface area contributed by atoms with E-state index in [1.54, 1.807) is 0 Å². The first-order chi connectivity index (χ1) is 8.49. The lowest BCUT2D eigenvalue weighted by atomic mass is 10.4. The smallest absolute Gasteiger partial charge is 0.242 e. The van der Waals surface area contributed by atoms with E-state index in [0.717, 1.165) is 0 Å². The predicted octanol–water partition coefficient (Wildman–Crippen LogP) is -0.396. The minimum Gasteiger partial charge on any atom is -0.384 e. The minimum absolute atomic E-state index is 0.0592. The van der Waals surface area contributed by atoms with E-state index in [0.29, 0.717) is 6.61 Å². The molecule has 0 fully saturated rings. The molecule has 0 saturated carbocycles. The molecule has 0 saturated heterocycles. The average Bonchev–Trinajstić information content (AvgIpc) is 2.35. The van der Waals surface area contributed by atoms with Gasteiger partial charge in [0, 0.05) is 27.0 Å². The summed E-state index contributed by atoms with van der Waals surface area (Å²) in [6.07, 6.45) is 0.863. The number of ether oxygens (including phenoxy) is 2. The molecule has 0 aliphatic rings. The van der Waals surface area contributed by atoms with Gasteiger partial charge in [-0.15, -0.1) is 0 Å². The number of sulfonamides is 1. The fourth-order valence-electron chi connectivity index (χ4n) is 1.23. The first kappa shape index (κ1) is 14.8. The SMILES string of the molecule is COCC(CNS(=O)(=O)c1ccc(N)nc1)OC. The Morgan fingerprint density at radius 3 is 2.67 bits per heavy atom. The fraction of sp³-hybridized carbons (Fsp3) is 0.500. The largest absolute Gasteiger partial charge is 0.384 e. The summed E-state index contributed by atoms with van der Waals surface area (Å²) in [5.41, 5.74) is 5.39. The van der Waals surface area contributed by atoms with Gasteiger partial charge >= 0.3 is 0 Å². The van der Waals surface area contributed by atoms with Gasteiger partial charge in [0.2, 0.25) is 10.0 Å². The first-order valence-electron chi connectivity index (χ1n) is 5.22. The fourth-order valence-corrected chi connectivity index (χ4v) is 2.24. The highest BCUT2D eigenvalue weighted by Crippen LogP contribution is 2.08. The van der Waals surface area contributed by atoms with Crippen LogP contribution in [0.5, 0.6) is 0 Å². The zero-order chi connectivity index (χ0) is 13.6. The lowest BCUT2D eigenvalue weighted by Crippen LogP contribution is -2.35. The molecule has 0 amide bonds. The van der Waals surface area contributed by atoms with Crippen LogP contribution in [0.4, 0.5) is 5.82 Å². The van der Waals surface area contributed by atoms with Gasteiger partial charge in [-0.3, -0.25) is 0 Å². The van der Waals surface area contributed by atoms with Crippen LogP contribution < -0.4 is 10.5 Å². The van der Waals surface area contributed by atoms with Gasteiger partial charge in [0.1, 0.15) is 10.7 Å². The quantitative estimate of drug-likeness (QED) is 0.702. The van der Waals surface area contributed by atoms with Crippen LogP contribution in [0.2, 0.25) is 0 Å². The van der Waals surface area contributed by atoms with Gasteiger partial charge in [-0.2, -0.15) is 0 Å². The Balaban J connectivity index is 2.67. The highest BCUT2D eigenvalue weighted by Gasteiger charge is 2.17. The zero-order valence-corrected chi connectivity index (χ0v) is 11.1. The van der Waals surface area contributed by atoms with Crippen LogP contribution in [-0.2, 0) is 19.5 Å². The molecule has 18 heavy (non-hydrogen) atoms. The standard InChI is InChI=1S/C10H17N3O4S/c1-16-7-8(17-2)5-13-18(14,15)9-3-4-10(11)12-6-9/h3-4,6,8,13H,5,7H2,1-2H3,(H2,11,12). The highest BCUT2D eigenvalue weighted by molar-refractivity contribution is 7.89. The molecule has 1 heterocycles. The van der Waals surface area contributed by atoms with Crippen molar-refractivity contribution < 1.29 is 17.9 Å². The van der Waals surface area contributed by atoms with Crippen LogP contribution in [0.25, 0.3) is 0 Å². The second-order valence-corrected chi connectivity index (χ2v) is 5.35. The van der Waals surface area contributed by atoms with Crippen molar-refractivity contribution >= 4 is 15.8 Å². The summed E-state index contributed by atoms with van der Waals surface area (Å²) in [7, 11) is -0.597. The van der Waals surface area contributed by atoms with Crippen LogP contribution in [0.3, 0.4) is 0 Å². The predicted molar refractivity (Wildman–Crippen MR) is 66.5 cm³/mol. The van der Waals surface area contributed by atoms with E-state index in [-0.39, 0.29) is 23.4 Å². The molecular weight excluding hydrogens is 258 g/mol. The molecule has 1 atom stereocenters. The number of nitrogens with two attached hydrogens (primary N) is 1. The monoisotopic (exact) mass is 275 g/mol. The van der Waals surface area contributed by atoms with Gasteiger partial charge in [0.05, 0.1) is 12.7 Å². The van der Waals surface area contributed by atoms with Crippen molar-refractivity contribution in [1.82, 2.24) is 9.71 Å². The summed E-state index contributed by atoms with van der Waals surface area (Å²) >= 11 is 0. The van der Waals surface area contributed by atoms with Gasteiger partial charge < -0.3 is 15.2 Å². The molecule has 8 heteroatoms. The van der Waals surface area contributed by atoms with Gasteiger partial charge in [0.25, 0.3) is 0 Å². The molecule has 1 rings (SSSR count). The number of methoxy groups -OCH3 is 2. The summed E-state index contributed by atoms with van der Waals surface area (Å²) in [6, 6.07) is 2.82. The number of pyridine rings is 1. The van der Waals surface area contributed by atoms with E-state index in [2.05, 4.69) is 9.71 Å². The number of hydrogen-bond acceptors (Lipinski definition) is 6. The third-order valence-corrected chi connectivity index (χ3v) is 3.67. The average molecular weight is 275 g/mol. The van der Waals surface area contributed by atoms with E-state index in [1.165, 1.54) is 32.5 Å². The molecule has 3 N–H and O–H groups in total. The number of nitrogens with one attached hydrogen (secondary N) is 1. The van der Waals surface area contributed by atoms with E-state index < -0.39 is 10.0 Å². The van der Waals surface area contributed by atoms with Crippen molar-refractivity contribution in [2.24, 2.45) is 0 Å². The second-order valence-electron chi connectivity index (χ2n) is 3.58. The Bertz CT molecular complexity index is 461. The molecule has 7 nitrogen and oxygen atoms in total. The van der Waals surface area contributed by atoms with E-state index >= 15 is 0 Å². The maximum atomic E-state index is 11.9. The molecular formula is C10H17N3O4S. The number of nitrogen functional groups attached to an aromatic ring is 1. The van der Waals surface area contributed by atoms with Crippen molar-refractivity contribution in [3.63, 3.8) is 0 Å². The Kier molecular flexibility index (Phi) is 5.48. The Hall–Kier alpha value is -1.22.